The second kappa shape index (κ2) is 9.03. The molecule has 0 bridgehead atoms. The molecule has 0 aliphatic carbocycles. The molecule has 0 spiro atoms. The fourth-order valence-electron chi connectivity index (χ4n) is 2.76. The van der Waals surface area contributed by atoms with Gasteiger partial charge in [-0.3, -0.25) is 0 Å². The predicted octanol–water partition coefficient (Wildman–Crippen LogP) is 1.63. The number of methoxy groups -OCH3 is 1. The SMILES string of the molecule is COc1ccc(CCN2CCN(CCCCO)CC2)cc1. The summed E-state index contributed by atoms with van der Waals surface area (Å²) < 4.78 is 5.18. The Morgan fingerprint density at radius 2 is 1.57 bits per heavy atom. The van der Waals surface area contributed by atoms with Crippen LogP contribution in [0.5, 0.6) is 5.75 Å². The van der Waals surface area contributed by atoms with Crippen molar-refractivity contribution in [2.75, 3.05) is 53.0 Å². The third kappa shape index (κ3) is 5.65. The number of rotatable bonds is 8. The number of hydrogen-bond donors (Lipinski definition) is 1. The maximum atomic E-state index is 8.81. The van der Waals surface area contributed by atoms with Crippen LogP contribution in [0.15, 0.2) is 24.3 Å². The molecule has 4 heteroatoms. The van der Waals surface area contributed by atoms with Crippen molar-refractivity contribution in [3.05, 3.63) is 29.8 Å². The molecule has 0 aromatic heterocycles. The zero-order chi connectivity index (χ0) is 14.9. The summed E-state index contributed by atoms with van der Waals surface area (Å²) in [5, 5.41) is 8.81. The molecule has 0 unspecified atom stereocenters. The summed E-state index contributed by atoms with van der Waals surface area (Å²) in [5.41, 5.74) is 1.38. The minimum atomic E-state index is 0.321. The summed E-state index contributed by atoms with van der Waals surface area (Å²) in [7, 11) is 1.70. The Balaban J connectivity index is 1.64. The van der Waals surface area contributed by atoms with E-state index in [0.717, 1.165) is 64.3 Å². The van der Waals surface area contributed by atoms with E-state index < -0.39 is 0 Å². The van der Waals surface area contributed by atoms with Crippen molar-refractivity contribution in [2.45, 2.75) is 19.3 Å². The fraction of sp³-hybridized carbons (Fsp3) is 0.647. The Morgan fingerprint density at radius 3 is 2.14 bits per heavy atom. The maximum absolute atomic E-state index is 8.81. The molecule has 1 N–H and O–H groups in total. The number of ether oxygens (including phenoxy) is 1. The molecule has 4 nitrogen and oxygen atoms in total. The standard InChI is InChI=1S/C17H28N2O2/c1-21-17-6-4-16(5-7-17)8-10-19-13-11-18(12-14-19)9-2-3-15-20/h4-7,20H,2-3,8-15H2,1H3. The normalized spacial score (nSPS) is 17.0. The van der Waals surface area contributed by atoms with E-state index >= 15 is 0 Å². The van der Waals surface area contributed by atoms with E-state index in [1.807, 2.05) is 12.1 Å². The molecule has 2 rings (SSSR count). The van der Waals surface area contributed by atoms with Crippen molar-refractivity contribution >= 4 is 0 Å². The van der Waals surface area contributed by atoms with Crippen LogP contribution in [0.2, 0.25) is 0 Å². The molecule has 1 aromatic carbocycles. The fourth-order valence-corrected chi connectivity index (χ4v) is 2.76. The molecule has 0 radical (unpaired) electrons. The third-order valence-electron chi connectivity index (χ3n) is 4.22. The van der Waals surface area contributed by atoms with Gasteiger partial charge in [0.05, 0.1) is 7.11 Å². The van der Waals surface area contributed by atoms with E-state index in [1.54, 1.807) is 7.11 Å². The average molecular weight is 292 g/mol. The summed E-state index contributed by atoms with van der Waals surface area (Å²) in [6, 6.07) is 8.39. The molecule has 118 valence electrons. The molecular weight excluding hydrogens is 264 g/mol. The molecule has 21 heavy (non-hydrogen) atoms. The first-order valence-electron chi connectivity index (χ1n) is 8.00. The summed E-state index contributed by atoms with van der Waals surface area (Å²) in [4.78, 5) is 5.06. The monoisotopic (exact) mass is 292 g/mol. The van der Waals surface area contributed by atoms with Gasteiger partial charge in [-0.05, 0) is 43.5 Å². The van der Waals surface area contributed by atoms with Crippen LogP contribution in [0, 0.1) is 0 Å². The molecule has 0 amide bonds. The minimum Gasteiger partial charge on any atom is -0.497 e. The second-order valence-corrected chi connectivity index (χ2v) is 5.71. The quantitative estimate of drug-likeness (QED) is 0.739. The average Bonchev–Trinajstić information content (AvgIpc) is 2.55. The number of aliphatic hydroxyl groups is 1. The first kappa shape index (κ1) is 16.3. The van der Waals surface area contributed by atoms with Gasteiger partial charge in [0.15, 0.2) is 0 Å². The Labute approximate surface area is 128 Å². The van der Waals surface area contributed by atoms with Gasteiger partial charge in [0.25, 0.3) is 0 Å². The van der Waals surface area contributed by atoms with Gasteiger partial charge in [-0.1, -0.05) is 12.1 Å². The van der Waals surface area contributed by atoms with Crippen molar-refractivity contribution in [3.8, 4) is 5.75 Å². The topological polar surface area (TPSA) is 35.9 Å². The van der Waals surface area contributed by atoms with Gasteiger partial charge in [-0.2, -0.15) is 0 Å². The molecule has 0 atom stereocenters. The van der Waals surface area contributed by atoms with E-state index in [-0.39, 0.29) is 0 Å². The van der Waals surface area contributed by atoms with Gasteiger partial charge >= 0.3 is 0 Å². The lowest BCUT2D eigenvalue weighted by Gasteiger charge is -2.34. The number of hydrogen-bond acceptors (Lipinski definition) is 4. The van der Waals surface area contributed by atoms with Crippen LogP contribution in [0.3, 0.4) is 0 Å². The smallest absolute Gasteiger partial charge is 0.118 e. The zero-order valence-corrected chi connectivity index (χ0v) is 13.1. The van der Waals surface area contributed by atoms with E-state index in [9.17, 15) is 0 Å². The number of benzene rings is 1. The summed E-state index contributed by atoms with van der Waals surface area (Å²) >= 11 is 0. The Hall–Kier alpha value is -1.10. The van der Waals surface area contributed by atoms with Gasteiger partial charge < -0.3 is 19.6 Å². The van der Waals surface area contributed by atoms with E-state index in [0.29, 0.717) is 6.61 Å². The number of nitrogens with zero attached hydrogens (tertiary/aromatic N) is 2. The molecule has 0 saturated carbocycles. The highest BCUT2D eigenvalue weighted by Gasteiger charge is 2.15. The van der Waals surface area contributed by atoms with Crippen LogP contribution >= 0.6 is 0 Å². The van der Waals surface area contributed by atoms with Crippen LogP contribution in [0.4, 0.5) is 0 Å². The third-order valence-corrected chi connectivity index (χ3v) is 4.22. The molecule has 1 saturated heterocycles. The molecule has 1 heterocycles. The number of aliphatic hydroxyl groups excluding tert-OH is 1. The number of piperazine rings is 1. The Kier molecular flexibility index (Phi) is 7.00. The molecule has 1 aromatic rings. The molecular formula is C17H28N2O2. The highest BCUT2D eigenvalue weighted by atomic mass is 16.5. The van der Waals surface area contributed by atoms with Crippen LogP contribution in [0.1, 0.15) is 18.4 Å². The lowest BCUT2D eigenvalue weighted by Crippen LogP contribution is -2.47. The second-order valence-electron chi connectivity index (χ2n) is 5.71. The lowest BCUT2D eigenvalue weighted by molar-refractivity contribution is 0.130. The lowest BCUT2D eigenvalue weighted by atomic mass is 10.1. The van der Waals surface area contributed by atoms with Crippen molar-refractivity contribution < 1.29 is 9.84 Å². The van der Waals surface area contributed by atoms with Crippen LogP contribution in [-0.4, -0.2) is 67.9 Å². The van der Waals surface area contributed by atoms with Crippen molar-refractivity contribution in [1.29, 1.82) is 0 Å². The summed E-state index contributed by atoms with van der Waals surface area (Å²) in [6.45, 7) is 7.23. The van der Waals surface area contributed by atoms with Crippen molar-refractivity contribution in [1.82, 2.24) is 9.80 Å². The van der Waals surface area contributed by atoms with Gasteiger partial charge in [0, 0.05) is 39.3 Å². The van der Waals surface area contributed by atoms with Crippen LogP contribution in [-0.2, 0) is 6.42 Å². The van der Waals surface area contributed by atoms with Crippen molar-refractivity contribution in [3.63, 3.8) is 0 Å². The van der Waals surface area contributed by atoms with Gasteiger partial charge in [-0.15, -0.1) is 0 Å². The van der Waals surface area contributed by atoms with Gasteiger partial charge in [0.1, 0.15) is 5.75 Å². The predicted molar refractivity (Wildman–Crippen MR) is 85.9 cm³/mol. The molecule has 1 aliphatic rings. The van der Waals surface area contributed by atoms with Crippen molar-refractivity contribution in [2.24, 2.45) is 0 Å². The first-order chi connectivity index (χ1) is 10.3. The van der Waals surface area contributed by atoms with Gasteiger partial charge in [-0.25, -0.2) is 0 Å². The number of unbranched alkanes of at least 4 members (excludes halogenated alkanes) is 1. The Morgan fingerprint density at radius 1 is 0.952 bits per heavy atom. The van der Waals surface area contributed by atoms with Crippen LogP contribution < -0.4 is 4.74 Å². The molecule has 1 fully saturated rings. The first-order valence-corrected chi connectivity index (χ1v) is 8.00. The largest absolute Gasteiger partial charge is 0.497 e. The molecule has 1 aliphatic heterocycles. The Bertz CT molecular complexity index is 386. The van der Waals surface area contributed by atoms with Crippen LogP contribution in [0.25, 0.3) is 0 Å². The maximum Gasteiger partial charge on any atom is 0.118 e. The van der Waals surface area contributed by atoms with E-state index in [4.69, 9.17) is 9.84 Å². The minimum absolute atomic E-state index is 0.321. The highest BCUT2D eigenvalue weighted by molar-refractivity contribution is 5.27. The zero-order valence-electron chi connectivity index (χ0n) is 13.1. The van der Waals surface area contributed by atoms with E-state index in [1.165, 1.54) is 5.56 Å². The van der Waals surface area contributed by atoms with E-state index in [2.05, 4.69) is 21.9 Å². The summed E-state index contributed by atoms with van der Waals surface area (Å²) in [5.74, 6) is 0.926. The van der Waals surface area contributed by atoms with Gasteiger partial charge in [0.2, 0.25) is 0 Å². The highest BCUT2D eigenvalue weighted by Crippen LogP contribution is 2.12. The summed E-state index contributed by atoms with van der Waals surface area (Å²) in [6.07, 6.45) is 3.15.